The topological polar surface area (TPSA) is 61.3 Å². The number of nitrogens with zero attached hydrogens (tertiary/aromatic N) is 3. The Morgan fingerprint density at radius 2 is 2.38 bits per heavy atom. The van der Waals surface area contributed by atoms with Crippen LogP contribution in [0, 0.1) is 5.92 Å². The predicted molar refractivity (Wildman–Crippen MR) is 88.2 cm³/mol. The summed E-state index contributed by atoms with van der Waals surface area (Å²) in [6.45, 7) is 5.17. The fourth-order valence-electron chi connectivity index (χ4n) is 2.99. The third-order valence-electron chi connectivity index (χ3n) is 4.00. The fraction of sp³-hybridized carbons (Fsp3) is 0.600. The standard InChI is InChI=1S/C15H22N4OS/c1-2-16-15-17-13(12-6-9-21-14(12)18-15)19-7-3-4-11(10-19)5-8-20/h6,9,11,20H,2-5,7-8,10H2,1H3,(H,16,17,18). The molecule has 21 heavy (non-hydrogen) atoms. The normalized spacial score (nSPS) is 19.1. The zero-order valence-corrected chi connectivity index (χ0v) is 13.2. The molecule has 0 aromatic carbocycles. The molecule has 1 saturated heterocycles. The van der Waals surface area contributed by atoms with Crippen molar-refractivity contribution >= 4 is 33.3 Å². The lowest BCUT2D eigenvalue weighted by Gasteiger charge is -2.33. The zero-order valence-electron chi connectivity index (χ0n) is 12.4. The highest BCUT2D eigenvalue weighted by atomic mass is 32.1. The number of piperidine rings is 1. The minimum absolute atomic E-state index is 0.277. The third kappa shape index (κ3) is 3.11. The Morgan fingerprint density at radius 1 is 1.48 bits per heavy atom. The molecule has 0 radical (unpaired) electrons. The monoisotopic (exact) mass is 306 g/mol. The van der Waals surface area contributed by atoms with Gasteiger partial charge in [0.15, 0.2) is 0 Å². The van der Waals surface area contributed by atoms with Gasteiger partial charge in [-0.3, -0.25) is 0 Å². The van der Waals surface area contributed by atoms with Crippen molar-refractivity contribution < 1.29 is 5.11 Å². The molecule has 5 nitrogen and oxygen atoms in total. The second kappa shape index (κ2) is 6.58. The molecule has 2 aromatic heterocycles. The van der Waals surface area contributed by atoms with Crippen LogP contribution in [-0.4, -0.2) is 41.3 Å². The van der Waals surface area contributed by atoms with Crippen molar-refractivity contribution in [2.45, 2.75) is 26.2 Å². The molecule has 1 aliphatic rings. The number of hydrogen-bond donors (Lipinski definition) is 2. The number of thiophene rings is 1. The summed E-state index contributed by atoms with van der Waals surface area (Å²) in [5, 5.41) is 15.6. The average molecular weight is 306 g/mol. The fourth-order valence-corrected chi connectivity index (χ4v) is 3.75. The summed E-state index contributed by atoms with van der Waals surface area (Å²) in [4.78, 5) is 12.7. The molecule has 0 bridgehead atoms. The van der Waals surface area contributed by atoms with Crippen LogP contribution in [0.4, 0.5) is 11.8 Å². The van der Waals surface area contributed by atoms with E-state index in [1.54, 1.807) is 11.3 Å². The summed E-state index contributed by atoms with van der Waals surface area (Å²) < 4.78 is 0. The Balaban J connectivity index is 1.92. The van der Waals surface area contributed by atoms with Crippen molar-refractivity contribution in [1.82, 2.24) is 9.97 Å². The van der Waals surface area contributed by atoms with E-state index in [4.69, 9.17) is 4.98 Å². The Bertz CT molecular complexity index is 598. The molecule has 1 atom stereocenters. The molecular weight excluding hydrogens is 284 g/mol. The summed E-state index contributed by atoms with van der Waals surface area (Å²) in [5.41, 5.74) is 0. The van der Waals surface area contributed by atoms with Crippen molar-refractivity contribution in [3.8, 4) is 0 Å². The Hall–Kier alpha value is -1.40. The van der Waals surface area contributed by atoms with Crippen molar-refractivity contribution in [1.29, 1.82) is 0 Å². The summed E-state index contributed by atoms with van der Waals surface area (Å²) in [7, 11) is 0. The van der Waals surface area contributed by atoms with Crippen LogP contribution in [0.15, 0.2) is 11.4 Å². The van der Waals surface area contributed by atoms with Gasteiger partial charge in [-0.05, 0) is 43.6 Å². The third-order valence-corrected chi connectivity index (χ3v) is 4.80. The van der Waals surface area contributed by atoms with E-state index in [-0.39, 0.29) is 6.61 Å². The zero-order chi connectivity index (χ0) is 14.7. The molecule has 0 spiro atoms. The predicted octanol–water partition coefficient (Wildman–Crippen LogP) is 2.72. The molecule has 6 heteroatoms. The number of hydrogen-bond acceptors (Lipinski definition) is 6. The molecule has 2 N–H and O–H groups in total. The highest BCUT2D eigenvalue weighted by Gasteiger charge is 2.23. The van der Waals surface area contributed by atoms with E-state index in [0.717, 1.165) is 48.5 Å². The minimum atomic E-state index is 0.277. The smallest absolute Gasteiger partial charge is 0.226 e. The lowest BCUT2D eigenvalue weighted by atomic mass is 9.95. The van der Waals surface area contributed by atoms with Crippen molar-refractivity contribution in [3.63, 3.8) is 0 Å². The van der Waals surface area contributed by atoms with Crippen molar-refractivity contribution in [2.24, 2.45) is 5.92 Å². The molecule has 1 fully saturated rings. The van der Waals surface area contributed by atoms with Gasteiger partial charge in [0.1, 0.15) is 10.6 Å². The summed E-state index contributed by atoms with van der Waals surface area (Å²) >= 11 is 1.66. The molecule has 2 aromatic rings. The van der Waals surface area contributed by atoms with Crippen LogP contribution in [0.25, 0.3) is 10.2 Å². The first-order valence-corrected chi connectivity index (χ1v) is 8.54. The number of anilines is 2. The number of rotatable bonds is 5. The molecule has 0 saturated carbocycles. The van der Waals surface area contributed by atoms with Gasteiger partial charge in [0, 0.05) is 26.2 Å². The first-order valence-electron chi connectivity index (χ1n) is 7.66. The maximum atomic E-state index is 9.18. The van der Waals surface area contributed by atoms with Crippen LogP contribution >= 0.6 is 11.3 Å². The highest BCUT2D eigenvalue weighted by Crippen LogP contribution is 2.32. The Kier molecular flexibility index (Phi) is 4.55. The number of aliphatic hydroxyl groups is 1. The summed E-state index contributed by atoms with van der Waals surface area (Å²) in [6.07, 6.45) is 3.25. The summed E-state index contributed by atoms with van der Waals surface area (Å²) in [6, 6.07) is 2.11. The highest BCUT2D eigenvalue weighted by molar-refractivity contribution is 7.16. The lowest BCUT2D eigenvalue weighted by Crippen LogP contribution is -2.36. The number of fused-ring (bicyclic) bond motifs is 1. The van der Waals surface area contributed by atoms with Gasteiger partial charge in [0.2, 0.25) is 5.95 Å². The number of nitrogens with one attached hydrogen (secondary N) is 1. The first-order chi connectivity index (χ1) is 10.3. The SMILES string of the molecule is CCNc1nc(N2CCCC(CCO)C2)c2ccsc2n1. The number of aliphatic hydroxyl groups excluding tert-OH is 1. The van der Waals surface area contributed by atoms with E-state index in [2.05, 4.69) is 33.6 Å². The first kappa shape index (κ1) is 14.5. The van der Waals surface area contributed by atoms with E-state index >= 15 is 0 Å². The summed E-state index contributed by atoms with van der Waals surface area (Å²) in [5.74, 6) is 2.32. The number of aromatic nitrogens is 2. The van der Waals surface area contributed by atoms with Crippen LogP contribution in [-0.2, 0) is 0 Å². The Labute approximate surface area is 129 Å². The van der Waals surface area contributed by atoms with Crippen LogP contribution < -0.4 is 10.2 Å². The molecule has 3 rings (SSSR count). The second-order valence-corrected chi connectivity index (χ2v) is 6.40. The van der Waals surface area contributed by atoms with E-state index in [1.165, 1.54) is 6.42 Å². The second-order valence-electron chi connectivity index (χ2n) is 5.51. The largest absolute Gasteiger partial charge is 0.396 e. The maximum absolute atomic E-state index is 9.18. The van der Waals surface area contributed by atoms with Crippen LogP contribution in [0.5, 0.6) is 0 Å². The van der Waals surface area contributed by atoms with Gasteiger partial charge in [-0.1, -0.05) is 0 Å². The Morgan fingerprint density at radius 3 is 3.19 bits per heavy atom. The lowest BCUT2D eigenvalue weighted by molar-refractivity contribution is 0.244. The van der Waals surface area contributed by atoms with Gasteiger partial charge in [0.05, 0.1) is 5.39 Å². The molecule has 0 amide bonds. The molecule has 0 aliphatic carbocycles. The molecule has 114 valence electrons. The minimum Gasteiger partial charge on any atom is -0.396 e. The van der Waals surface area contributed by atoms with Crippen LogP contribution in [0.3, 0.4) is 0 Å². The van der Waals surface area contributed by atoms with Gasteiger partial charge >= 0.3 is 0 Å². The van der Waals surface area contributed by atoms with Gasteiger partial charge in [0.25, 0.3) is 0 Å². The molecule has 1 aliphatic heterocycles. The van der Waals surface area contributed by atoms with Crippen LogP contribution in [0.2, 0.25) is 0 Å². The van der Waals surface area contributed by atoms with Crippen molar-refractivity contribution in [3.05, 3.63) is 11.4 Å². The average Bonchev–Trinajstić information content (AvgIpc) is 2.96. The van der Waals surface area contributed by atoms with E-state index in [1.807, 2.05) is 0 Å². The quantitative estimate of drug-likeness (QED) is 0.889. The van der Waals surface area contributed by atoms with Gasteiger partial charge < -0.3 is 15.3 Å². The maximum Gasteiger partial charge on any atom is 0.226 e. The van der Waals surface area contributed by atoms with E-state index < -0.39 is 0 Å². The van der Waals surface area contributed by atoms with Crippen molar-refractivity contribution in [2.75, 3.05) is 36.5 Å². The molecule has 3 heterocycles. The molecular formula is C15H22N4OS. The van der Waals surface area contributed by atoms with Gasteiger partial charge in [-0.25, -0.2) is 4.98 Å². The molecule has 1 unspecified atom stereocenters. The van der Waals surface area contributed by atoms with Gasteiger partial charge in [-0.15, -0.1) is 11.3 Å². The van der Waals surface area contributed by atoms with Crippen LogP contribution in [0.1, 0.15) is 26.2 Å². The van der Waals surface area contributed by atoms with E-state index in [0.29, 0.717) is 11.9 Å². The van der Waals surface area contributed by atoms with E-state index in [9.17, 15) is 5.11 Å². The van der Waals surface area contributed by atoms with Gasteiger partial charge in [-0.2, -0.15) is 4.98 Å².